The van der Waals surface area contributed by atoms with Crippen LogP contribution in [-0.2, 0) is 16.8 Å². The Hall–Kier alpha value is 1.39. The fourth-order valence-electron chi connectivity index (χ4n) is 0. The standard InChI is InChI=1S/2BrH.Co.H2O2/c;;;1-2/h2*1H;;1-2H. The minimum atomic E-state index is 0. The molecule has 0 aromatic carbocycles. The van der Waals surface area contributed by atoms with Gasteiger partial charge in [-0.2, -0.15) is 0 Å². The van der Waals surface area contributed by atoms with Crippen molar-refractivity contribution in [1.82, 2.24) is 0 Å². The van der Waals surface area contributed by atoms with Gasteiger partial charge in [-0.15, -0.1) is 34.0 Å². The summed E-state index contributed by atoms with van der Waals surface area (Å²) < 4.78 is 0. The maximum Gasteiger partial charge on any atom is 0 e. The Morgan fingerprint density at radius 3 is 0.800 bits per heavy atom. The van der Waals surface area contributed by atoms with Crippen LogP contribution in [0, 0.1) is 0 Å². The van der Waals surface area contributed by atoms with Crippen molar-refractivity contribution in [1.29, 1.82) is 0 Å². The molecule has 0 atom stereocenters. The van der Waals surface area contributed by atoms with Crippen molar-refractivity contribution in [3.8, 4) is 0 Å². The average molecular weight is 255 g/mol. The van der Waals surface area contributed by atoms with E-state index in [4.69, 9.17) is 10.5 Å². The Balaban J connectivity index is -0.00000000167. The predicted octanol–water partition coefficient (Wildman–Crippen LogP) is 1.17. The van der Waals surface area contributed by atoms with E-state index in [0.29, 0.717) is 0 Å². The molecule has 1 radical (unpaired) electrons. The molecule has 5 heavy (non-hydrogen) atoms. The summed E-state index contributed by atoms with van der Waals surface area (Å²) in [5.41, 5.74) is 0. The zero-order valence-corrected chi connectivity index (χ0v) is 6.51. The quantitative estimate of drug-likeness (QED) is 0.503. The molecule has 0 saturated heterocycles. The van der Waals surface area contributed by atoms with Crippen LogP contribution in [0.5, 0.6) is 0 Å². The summed E-state index contributed by atoms with van der Waals surface area (Å²) in [4.78, 5) is 0. The topological polar surface area (TPSA) is 40.5 Å². The monoisotopic (exact) mass is 253 g/mol. The van der Waals surface area contributed by atoms with Gasteiger partial charge in [-0.3, -0.25) is 10.5 Å². The molecule has 0 aromatic rings. The van der Waals surface area contributed by atoms with Gasteiger partial charge in [0.1, 0.15) is 0 Å². The second-order valence-corrected chi connectivity index (χ2v) is 0. The van der Waals surface area contributed by atoms with E-state index in [0.717, 1.165) is 0 Å². The van der Waals surface area contributed by atoms with Crippen LogP contribution in [-0.4, -0.2) is 10.5 Å². The molecule has 0 heterocycles. The normalized spacial score (nSPS) is 1.20. The van der Waals surface area contributed by atoms with E-state index in [1.807, 2.05) is 0 Å². The SMILES string of the molecule is Br.Br.OO.[Co]. The molecule has 2 N–H and O–H groups in total. The summed E-state index contributed by atoms with van der Waals surface area (Å²) in [5.74, 6) is 0. The van der Waals surface area contributed by atoms with E-state index < -0.39 is 0 Å². The Morgan fingerprint density at radius 2 is 0.800 bits per heavy atom. The van der Waals surface area contributed by atoms with Crippen molar-refractivity contribution in [2.24, 2.45) is 0 Å². The van der Waals surface area contributed by atoms with Gasteiger partial charge < -0.3 is 0 Å². The van der Waals surface area contributed by atoms with Crippen LogP contribution in [0.4, 0.5) is 0 Å². The number of rotatable bonds is 0. The van der Waals surface area contributed by atoms with Gasteiger partial charge in [0.25, 0.3) is 0 Å². The minimum absolute atomic E-state index is 0. The fourth-order valence-corrected chi connectivity index (χ4v) is 0. The molecule has 39 valence electrons. The average Bonchev–Trinajstić information content (AvgIpc) is 1.00. The first-order valence-corrected chi connectivity index (χ1v) is 0.200. The number of hydrogen-bond acceptors (Lipinski definition) is 2. The van der Waals surface area contributed by atoms with Crippen LogP contribution in [0.1, 0.15) is 0 Å². The Morgan fingerprint density at radius 1 is 0.800 bits per heavy atom. The van der Waals surface area contributed by atoms with Gasteiger partial charge in [-0.1, -0.05) is 0 Å². The molecule has 0 saturated carbocycles. The summed E-state index contributed by atoms with van der Waals surface area (Å²) >= 11 is 0. The third-order valence-electron chi connectivity index (χ3n) is 0. The second kappa shape index (κ2) is 53.9. The smallest absolute Gasteiger partial charge is 0 e. The van der Waals surface area contributed by atoms with Gasteiger partial charge in [0.05, 0.1) is 0 Å². The predicted molar refractivity (Wildman–Crippen MR) is 25.9 cm³/mol. The molecule has 0 aromatic heterocycles. The maximum atomic E-state index is 6.00. The molecule has 5 heteroatoms. The molecule has 0 aliphatic carbocycles. The van der Waals surface area contributed by atoms with Crippen molar-refractivity contribution >= 4 is 34.0 Å². The Bertz CT molecular complexity index is 7.61. The molecule has 0 aliphatic heterocycles. The molecule has 0 spiro atoms. The van der Waals surface area contributed by atoms with E-state index in [-0.39, 0.29) is 50.7 Å². The van der Waals surface area contributed by atoms with Crippen LogP contribution in [0.25, 0.3) is 0 Å². The van der Waals surface area contributed by atoms with Crippen molar-refractivity contribution < 1.29 is 27.3 Å². The molecule has 2 nitrogen and oxygen atoms in total. The summed E-state index contributed by atoms with van der Waals surface area (Å²) in [6.07, 6.45) is 0. The molecule has 0 fully saturated rings. The molecule has 0 bridgehead atoms. The molecule has 0 amide bonds. The first kappa shape index (κ1) is 32.5. The summed E-state index contributed by atoms with van der Waals surface area (Å²) in [6.45, 7) is 0. The fraction of sp³-hybridized carbons (Fsp3) is 0. The third-order valence-corrected chi connectivity index (χ3v) is 0. The minimum Gasteiger partial charge on any atom is -0.255 e. The van der Waals surface area contributed by atoms with Gasteiger partial charge in [-0.05, 0) is 0 Å². The van der Waals surface area contributed by atoms with E-state index in [1.165, 1.54) is 0 Å². The number of halogens is 2. The Kier molecular flexibility index (Phi) is 351. The first-order valence-electron chi connectivity index (χ1n) is 0.200. The zero-order valence-electron chi connectivity index (χ0n) is 2.04. The summed E-state index contributed by atoms with van der Waals surface area (Å²) in [7, 11) is 0. The maximum absolute atomic E-state index is 6.00. The van der Waals surface area contributed by atoms with Crippen molar-refractivity contribution in [2.45, 2.75) is 0 Å². The van der Waals surface area contributed by atoms with Crippen molar-refractivity contribution in [3.05, 3.63) is 0 Å². The summed E-state index contributed by atoms with van der Waals surface area (Å²) in [5, 5.41) is 12.0. The third kappa shape index (κ3) is 32.1. The van der Waals surface area contributed by atoms with E-state index >= 15 is 0 Å². The van der Waals surface area contributed by atoms with Crippen LogP contribution < -0.4 is 0 Å². The Labute approximate surface area is 61.2 Å². The van der Waals surface area contributed by atoms with Crippen molar-refractivity contribution in [3.63, 3.8) is 0 Å². The second-order valence-electron chi connectivity index (χ2n) is 0. The van der Waals surface area contributed by atoms with Gasteiger partial charge in [0.15, 0.2) is 0 Å². The van der Waals surface area contributed by atoms with E-state index in [2.05, 4.69) is 0 Å². The molecular weight excluding hydrogens is 251 g/mol. The van der Waals surface area contributed by atoms with Crippen LogP contribution in [0.3, 0.4) is 0 Å². The van der Waals surface area contributed by atoms with Gasteiger partial charge in [0, 0.05) is 16.8 Å². The van der Waals surface area contributed by atoms with Gasteiger partial charge in [0.2, 0.25) is 0 Å². The van der Waals surface area contributed by atoms with Crippen LogP contribution >= 0.6 is 34.0 Å². The van der Waals surface area contributed by atoms with Gasteiger partial charge in [-0.25, -0.2) is 0 Å². The van der Waals surface area contributed by atoms with E-state index in [1.54, 1.807) is 0 Å². The number of hydrogen-bond donors (Lipinski definition) is 2. The largest absolute Gasteiger partial charge is 0.255 e. The first-order chi connectivity index (χ1) is 1.00. The molecule has 0 unspecified atom stereocenters. The molecular formula is H4Br2CoO2. The van der Waals surface area contributed by atoms with Crippen molar-refractivity contribution in [2.75, 3.05) is 0 Å². The van der Waals surface area contributed by atoms with E-state index in [9.17, 15) is 0 Å². The summed E-state index contributed by atoms with van der Waals surface area (Å²) in [6, 6.07) is 0. The van der Waals surface area contributed by atoms with Crippen LogP contribution in [0.2, 0.25) is 0 Å². The molecule has 0 rings (SSSR count). The zero-order chi connectivity index (χ0) is 2.00. The molecule has 0 aliphatic rings. The van der Waals surface area contributed by atoms with Gasteiger partial charge >= 0.3 is 0 Å². The van der Waals surface area contributed by atoms with Crippen LogP contribution in [0.15, 0.2) is 0 Å².